The second-order valence-corrected chi connectivity index (χ2v) is 3.78. The predicted octanol–water partition coefficient (Wildman–Crippen LogP) is 1.76. The van der Waals surface area contributed by atoms with Crippen LogP contribution in [0.3, 0.4) is 0 Å². The highest BCUT2D eigenvalue weighted by atomic mass is 16.3. The number of ketones is 1. The second kappa shape index (κ2) is 4.79. The maximum atomic E-state index is 11.6. The van der Waals surface area contributed by atoms with Crippen LogP contribution in [0.1, 0.15) is 17.9 Å². The largest absolute Gasteiger partial charge is 0.469 e. The van der Waals surface area contributed by atoms with Gasteiger partial charge in [0.2, 0.25) is 0 Å². The van der Waals surface area contributed by atoms with Crippen molar-refractivity contribution >= 4 is 5.78 Å². The van der Waals surface area contributed by atoms with Gasteiger partial charge in [0.15, 0.2) is 0 Å². The van der Waals surface area contributed by atoms with Gasteiger partial charge in [-0.1, -0.05) is 0 Å². The lowest BCUT2D eigenvalue weighted by molar-refractivity contribution is -0.118. The molecule has 0 saturated heterocycles. The molecule has 0 N–H and O–H groups in total. The lowest BCUT2D eigenvalue weighted by atomic mass is 10.1. The summed E-state index contributed by atoms with van der Waals surface area (Å²) < 4.78 is 6.87. The van der Waals surface area contributed by atoms with Gasteiger partial charge in [-0.15, -0.1) is 0 Å². The average Bonchev–Trinajstić information content (AvgIpc) is 2.87. The van der Waals surface area contributed by atoms with Crippen molar-refractivity contribution in [3.63, 3.8) is 0 Å². The van der Waals surface area contributed by atoms with E-state index in [4.69, 9.17) is 4.42 Å². The Morgan fingerprint density at radius 1 is 1.50 bits per heavy atom. The first-order valence-electron chi connectivity index (χ1n) is 5.26. The molecular formula is C12H14N2O2. The molecule has 2 aromatic rings. The van der Waals surface area contributed by atoms with Gasteiger partial charge < -0.3 is 4.42 Å². The number of carbonyl (C=O) groups is 1. The highest BCUT2D eigenvalue weighted by Crippen LogP contribution is 2.06. The van der Waals surface area contributed by atoms with Crippen molar-refractivity contribution < 1.29 is 9.21 Å². The van der Waals surface area contributed by atoms with Crippen LogP contribution in [-0.2, 0) is 24.7 Å². The molecule has 0 radical (unpaired) electrons. The molecule has 16 heavy (non-hydrogen) atoms. The Morgan fingerprint density at radius 3 is 3.00 bits per heavy atom. The van der Waals surface area contributed by atoms with Gasteiger partial charge in [0.25, 0.3) is 0 Å². The molecule has 4 nitrogen and oxygen atoms in total. The Kier molecular flexibility index (Phi) is 3.19. The summed E-state index contributed by atoms with van der Waals surface area (Å²) in [4.78, 5) is 11.6. The summed E-state index contributed by atoms with van der Waals surface area (Å²) in [6.07, 6.45) is 5.04. The van der Waals surface area contributed by atoms with E-state index in [9.17, 15) is 4.79 Å². The third kappa shape index (κ3) is 2.82. The SMILES string of the molecule is Cn1ccc(CC(=O)CCc2ccco2)n1. The summed E-state index contributed by atoms with van der Waals surface area (Å²) in [5, 5.41) is 4.17. The molecule has 0 aromatic carbocycles. The second-order valence-electron chi connectivity index (χ2n) is 3.78. The minimum Gasteiger partial charge on any atom is -0.469 e. The van der Waals surface area contributed by atoms with Crippen LogP contribution in [0.15, 0.2) is 35.1 Å². The molecule has 0 amide bonds. The molecule has 0 atom stereocenters. The monoisotopic (exact) mass is 218 g/mol. The number of Topliss-reactive ketones (excluding diaryl/α,β-unsaturated/α-hetero) is 1. The standard InChI is InChI=1S/C12H14N2O2/c1-14-7-6-10(13-14)9-11(15)4-5-12-3-2-8-16-12/h2-3,6-8H,4-5,9H2,1H3. The van der Waals surface area contributed by atoms with Crippen LogP contribution < -0.4 is 0 Å². The molecule has 2 rings (SSSR count). The van der Waals surface area contributed by atoms with Gasteiger partial charge in [0.1, 0.15) is 11.5 Å². The summed E-state index contributed by atoms with van der Waals surface area (Å²) in [6, 6.07) is 5.58. The van der Waals surface area contributed by atoms with E-state index in [1.165, 1.54) is 0 Å². The normalized spacial score (nSPS) is 10.6. The fraction of sp³-hybridized carbons (Fsp3) is 0.333. The number of carbonyl (C=O) groups excluding carboxylic acids is 1. The number of rotatable bonds is 5. The number of nitrogens with zero attached hydrogens (tertiary/aromatic N) is 2. The first-order chi connectivity index (χ1) is 7.74. The van der Waals surface area contributed by atoms with E-state index in [0.29, 0.717) is 19.3 Å². The zero-order valence-electron chi connectivity index (χ0n) is 9.22. The van der Waals surface area contributed by atoms with Gasteiger partial charge in [-0.2, -0.15) is 5.10 Å². The van der Waals surface area contributed by atoms with E-state index in [2.05, 4.69) is 5.10 Å². The smallest absolute Gasteiger partial charge is 0.139 e. The van der Waals surface area contributed by atoms with Crippen molar-refractivity contribution in [1.82, 2.24) is 9.78 Å². The first kappa shape index (κ1) is 10.7. The first-order valence-corrected chi connectivity index (χ1v) is 5.26. The van der Waals surface area contributed by atoms with E-state index < -0.39 is 0 Å². The van der Waals surface area contributed by atoms with Crippen LogP contribution in [0.2, 0.25) is 0 Å². The van der Waals surface area contributed by atoms with Gasteiger partial charge in [-0.25, -0.2) is 0 Å². The summed E-state index contributed by atoms with van der Waals surface area (Å²) in [5.74, 6) is 1.05. The fourth-order valence-corrected chi connectivity index (χ4v) is 1.57. The van der Waals surface area contributed by atoms with Crippen molar-refractivity contribution in [1.29, 1.82) is 0 Å². The van der Waals surface area contributed by atoms with Crippen molar-refractivity contribution in [3.05, 3.63) is 42.1 Å². The number of hydrogen-bond acceptors (Lipinski definition) is 3. The summed E-state index contributed by atoms with van der Waals surface area (Å²) >= 11 is 0. The Labute approximate surface area is 93.9 Å². The van der Waals surface area contributed by atoms with Crippen LogP contribution >= 0.6 is 0 Å². The van der Waals surface area contributed by atoms with Gasteiger partial charge >= 0.3 is 0 Å². The van der Waals surface area contributed by atoms with Crippen molar-refractivity contribution in [3.8, 4) is 0 Å². The molecule has 84 valence electrons. The maximum Gasteiger partial charge on any atom is 0.139 e. The van der Waals surface area contributed by atoms with Crippen molar-refractivity contribution in [2.45, 2.75) is 19.3 Å². The van der Waals surface area contributed by atoms with E-state index in [-0.39, 0.29) is 5.78 Å². The molecule has 0 unspecified atom stereocenters. The molecule has 4 heteroatoms. The third-order valence-electron chi connectivity index (χ3n) is 2.38. The molecule has 0 spiro atoms. The number of furan rings is 1. The summed E-state index contributed by atoms with van der Waals surface area (Å²) in [5.41, 5.74) is 0.826. The fourth-order valence-electron chi connectivity index (χ4n) is 1.57. The Morgan fingerprint density at radius 2 is 2.38 bits per heavy atom. The highest BCUT2D eigenvalue weighted by Gasteiger charge is 2.07. The topological polar surface area (TPSA) is 48.0 Å². The summed E-state index contributed by atoms with van der Waals surface area (Å²) in [6.45, 7) is 0. The third-order valence-corrected chi connectivity index (χ3v) is 2.38. The molecule has 0 aliphatic rings. The predicted molar refractivity (Wildman–Crippen MR) is 58.9 cm³/mol. The number of aromatic nitrogens is 2. The van der Waals surface area contributed by atoms with E-state index in [1.807, 2.05) is 31.4 Å². The van der Waals surface area contributed by atoms with E-state index in [0.717, 1.165) is 11.5 Å². The average molecular weight is 218 g/mol. The van der Waals surface area contributed by atoms with E-state index in [1.54, 1.807) is 10.9 Å². The zero-order chi connectivity index (χ0) is 11.4. The lowest BCUT2D eigenvalue weighted by Gasteiger charge is -1.96. The van der Waals surface area contributed by atoms with Gasteiger partial charge in [0.05, 0.1) is 18.4 Å². The molecule has 0 aliphatic heterocycles. The minimum absolute atomic E-state index is 0.190. The van der Waals surface area contributed by atoms with Crippen LogP contribution in [0.4, 0.5) is 0 Å². The van der Waals surface area contributed by atoms with Crippen LogP contribution in [0.25, 0.3) is 0 Å². The molecule has 0 aliphatic carbocycles. The molecule has 2 aromatic heterocycles. The highest BCUT2D eigenvalue weighted by molar-refractivity contribution is 5.80. The summed E-state index contributed by atoms with van der Waals surface area (Å²) in [7, 11) is 1.84. The molecule has 0 saturated carbocycles. The Hall–Kier alpha value is -1.84. The van der Waals surface area contributed by atoms with Crippen LogP contribution in [-0.4, -0.2) is 15.6 Å². The molecule has 0 bridgehead atoms. The Balaban J connectivity index is 1.81. The van der Waals surface area contributed by atoms with Crippen molar-refractivity contribution in [2.75, 3.05) is 0 Å². The Bertz CT molecular complexity index is 457. The number of aryl methyl sites for hydroxylation is 2. The molecular weight excluding hydrogens is 204 g/mol. The quantitative estimate of drug-likeness (QED) is 0.768. The van der Waals surface area contributed by atoms with Gasteiger partial charge in [0, 0.05) is 26.1 Å². The zero-order valence-corrected chi connectivity index (χ0v) is 9.22. The van der Waals surface area contributed by atoms with Gasteiger partial charge in [-0.3, -0.25) is 9.48 Å². The lowest BCUT2D eigenvalue weighted by Crippen LogP contribution is -2.05. The van der Waals surface area contributed by atoms with Crippen molar-refractivity contribution in [2.24, 2.45) is 7.05 Å². The minimum atomic E-state index is 0.190. The molecule has 2 heterocycles. The van der Waals surface area contributed by atoms with E-state index >= 15 is 0 Å². The van der Waals surface area contributed by atoms with Crippen LogP contribution in [0.5, 0.6) is 0 Å². The van der Waals surface area contributed by atoms with Gasteiger partial charge in [-0.05, 0) is 18.2 Å². The maximum absolute atomic E-state index is 11.6. The molecule has 0 fully saturated rings. The number of hydrogen-bond donors (Lipinski definition) is 0. The van der Waals surface area contributed by atoms with Crippen LogP contribution in [0, 0.1) is 0 Å².